The van der Waals surface area contributed by atoms with Crippen LogP contribution in [0, 0.1) is 0 Å². The molecule has 1 aromatic rings. The lowest BCUT2D eigenvalue weighted by Gasteiger charge is -2.29. The second-order valence-electron chi connectivity index (χ2n) is 6.11. The van der Waals surface area contributed by atoms with E-state index < -0.39 is 5.60 Å². The molecule has 0 saturated heterocycles. The molecule has 0 aliphatic carbocycles. The minimum Gasteiger partial charge on any atom is -0.444 e. The van der Waals surface area contributed by atoms with Crippen molar-refractivity contribution in [3.63, 3.8) is 0 Å². The smallest absolute Gasteiger partial charge is 0.410 e. The fraction of sp³-hybridized carbons (Fsp3) is 0.643. The molecule has 0 fully saturated rings. The fourth-order valence-corrected chi connectivity index (χ4v) is 2.42. The van der Waals surface area contributed by atoms with Crippen molar-refractivity contribution < 1.29 is 14.3 Å². The summed E-state index contributed by atoms with van der Waals surface area (Å²) in [6.45, 7) is 7.98. The minimum absolute atomic E-state index is 0.0349. The van der Waals surface area contributed by atoms with Gasteiger partial charge in [0, 0.05) is 32.5 Å². The molecule has 0 unspecified atom stereocenters. The summed E-state index contributed by atoms with van der Waals surface area (Å²) in [5, 5.41) is 4.36. The number of hydrogen-bond donors (Lipinski definition) is 0. The van der Waals surface area contributed by atoms with E-state index in [0.29, 0.717) is 25.2 Å². The molecular weight excluding hydrogens is 258 g/mol. The minimum atomic E-state index is -0.518. The van der Waals surface area contributed by atoms with Crippen molar-refractivity contribution in [3.8, 4) is 0 Å². The Morgan fingerprint density at radius 3 is 2.50 bits per heavy atom. The van der Waals surface area contributed by atoms with Crippen LogP contribution in [0.4, 0.5) is 4.79 Å². The number of nitrogens with zero attached hydrogens (tertiary/aromatic N) is 3. The van der Waals surface area contributed by atoms with Gasteiger partial charge in [-0.1, -0.05) is 0 Å². The van der Waals surface area contributed by atoms with E-state index in [0.717, 1.165) is 11.3 Å². The van der Waals surface area contributed by atoms with Crippen molar-refractivity contribution >= 4 is 11.9 Å². The molecule has 6 heteroatoms. The maximum Gasteiger partial charge on any atom is 0.410 e. The molecule has 2 rings (SSSR count). The van der Waals surface area contributed by atoms with Gasteiger partial charge in [-0.2, -0.15) is 5.10 Å². The number of fused-ring (bicyclic) bond motifs is 1. The third-order valence-electron chi connectivity index (χ3n) is 3.18. The molecule has 1 aliphatic rings. The molecule has 0 aromatic carbocycles. The van der Waals surface area contributed by atoms with Crippen molar-refractivity contribution in [2.24, 2.45) is 7.05 Å². The molecule has 0 radical (unpaired) electrons. The van der Waals surface area contributed by atoms with Crippen molar-refractivity contribution in [1.82, 2.24) is 14.7 Å². The van der Waals surface area contributed by atoms with E-state index in [1.54, 1.807) is 16.6 Å². The Labute approximate surface area is 118 Å². The molecule has 1 aromatic heterocycles. The largest absolute Gasteiger partial charge is 0.444 e. The zero-order valence-corrected chi connectivity index (χ0v) is 12.7. The average Bonchev–Trinajstić information content (AvgIpc) is 2.61. The third-order valence-corrected chi connectivity index (χ3v) is 3.18. The van der Waals surface area contributed by atoms with Gasteiger partial charge in [0.25, 0.3) is 0 Å². The van der Waals surface area contributed by atoms with Gasteiger partial charge in [-0.05, 0) is 20.8 Å². The molecule has 110 valence electrons. The topological polar surface area (TPSA) is 64.4 Å². The molecule has 0 atom stereocenters. The number of rotatable bonds is 1. The predicted molar refractivity (Wildman–Crippen MR) is 73.6 cm³/mol. The third kappa shape index (κ3) is 2.84. The number of carbonyl (C=O) groups excluding carboxylic acids is 2. The SMILES string of the molecule is CC(=O)c1c2c(nn1C)CCN(C(=O)OC(C)(C)C)C2. The van der Waals surface area contributed by atoms with E-state index >= 15 is 0 Å². The van der Waals surface area contributed by atoms with Gasteiger partial charge in [0.1, 0.15) is 11.3 Å². The second kappa shape index (κ2) is 4.92. The van der Waals surface area contributed by atoms with Crippen LogP contribution in [0.2, 0.25) is 0 Å². The average molecular weight is 279 g/mol. The molecule has 0 spiro atoms. The Morgan fingerprint density at radius 2 is 1.95 bits per heavy atom. The van der Waals surface area contributed by atoms with Crippen LogP contribution in [0.5, 0.6) is 0 Å². The summed E-state index contributed by atoms with van der Waals surface area (Å²) in [4.78, 5) is 25.4. The number of hydrogen-bond acceptors (Lipinski definition) is 4. The zero-order chi connectivity index (χ0) is 15.1. The number of aryl methyl sites for hydroxylation is 1. The highest BCUT2D eigenvalue weighted by atomic mass is 16.6. The first kappa shape index (κ1) is 14.6. The van der Waals surface area contributed by atoms with Crippen LogP contribution in [0.1, 0.15) is 49.4 Å². The Kier molecular flexibility index (Phi) is 3.58. The Balaban J connectivity index is 2.22. The van der Waals surface area contributed by atoms with Crippen LogP contribution in [-0.4, -0.2) is 38.7 Å². The molecule has 1 amide bonds. The maximum atomic E-state index is 12.1. The summed E-state index contributed by atoms with van der Waals surface area (Å²) in [5.41, 5.74) is 1.80. The van der Waals surface area contributed by atoms with E-state index in [9.17, 15) is 9.59 Å². The monoisotopic (exact) mass is 279 g/mol. The quantitative estimate of drug-likeness (QED) is 0.737. The number of aromatic nitrogens is 2. The van der Waals surface area contributed by atoms with E-state index in [2.05, 4.69) is 5.10 Å². The fourth-order valence-electron chi connectivity index (χ4n) is 2.42. The molecule has 20 heavy (non-hydrogen) atoms. The van der Waals surface area contributed by atoms with Crippen LogP contribution in [0.3, 0.4) is 0 Å². The number of Topliss-reactive ketones (excluding diaryl/α,β-unsaturated/α-hetero) is 1. The highest BCUT2D eigenvalue weighted by Crippen LogP contribution is 2.23. The Morgan fingerprint density at radius 1 is 1.30 bits per heavy atom. The van der Waals surface area contributed by atoms with E-state index in [4.69, 9.17) is 4.74 Å². The summed E-state index contributed by atoms with van der Waals surface area (Å²) in [6, 6.07) is 0. The Bertz CT molecular complexity index is 555. The van der Waals surface area contributed by atoms with Gasteiger partial charge in [0.15, 0.2) is 5.78 Å². The first-order chi connectivity index (χ1) is 9.19. The van der Waals surface area contributed by atoms with Crippen molar-refractivity contribution in [3.05, 3.63) is 17.0 Å². The zero-order valence-electron chi connectivity index (χ0n) is 12.7. The first-order valence-corrected chi connectivity index (χ1v) is 6.72. The number of amides is 1. The standard InChI is InChI=1S/C14H21N3O3/c1-9(18)12-10-8-17(13(19)20-14(2,3)4)7-6-11(10)15-16(12)5/h6-8H2,1-5H3. The van der Waals surface area contributed by atoms with Gasteiger partial charge in [-0.25, -0.2) is 4.79 Å². The van der Waals surface area contributed by atoms with E-state index in [-0.39, 0.29) is 11.9 Å². The lowest BCUT2D eigenvalue weighted by Crippen LogP contribution is -2.40. The molecular formula is C14H21N3O3. The lowest BCUT2D eigenvalue weighted by molar-refractivity contribution is 0.0222. The van der Waals surface area contributed by atoms with Crippen LogP contribution in [0.25, 0.3) is 0 Å². The van der Waals surface area contributed by atoms with Crippen LogP contribution < -0.4 is 0 Å². The highest BCUT2D eigenvalue weighted by Gasteiger charge is 2.30. The summed E-state index contributed by atoms with van der Waals surface area (Å²) in [7, 11) is 1.76. The van der Waals surface area contributed by atoms with Gasteiger partial charge >= 0.3 is 6.09 Å². The lowest BCUT2D eigenvalue weighted by atomic mass is 10.0. The van der Waals surface area contributed by atoms with Crippen LogP contribution >= 0.6 is 0 Å². The Hall–Kier alpha value is -1.85. The first-order valence-electron chi connectivity index (χ1n) is 6.72. The molecule has 0 saturated carbocycles. The van der Waals surface area contributed by atoms with Gasteiger partial charge < -0.3 is 9.64 Å². The highest BCUT2D eigenvalue weighted by molar-refractivity contribution is 5.94. The summed E-state index contributed by atoms with van der Waals surface area (Å²) < 4.78 is 6.98. The van der Waals surface area contributed by atoms with Gasteiger partial charge in [0.05, 0.1) is 12.2 Å². The number of carbonyl (C=O) groups is 2. The number of ether oxygens (including phenoxy) is 1. The number of ketones is 1. The summed E-state index contributed by atoms with van der Waals surface area (Å²) in [5.74, 6) is -0.0349. The van der Waals surface area contributed by atoms with Crippen molar-refractivity contribution in [2.45, 2.75) is 46.3 Å². The summed E-state index contributed by atoms with van der Waals surface area (Å²) in [6.07, 6.45) is 0.303. The van der Waals surface area contributed by atoms with Gasteiger partial charge in [0.2, 0.25) is 0 Å². The summed E-state index contributed by atoms with van der Waals surface area (Å²) >= 11 is 0. The molecule has 2 heterocycles. The van der Waals surface area contributed by atoms with E-state index in [1.807, 2.05) is 20.8 Å². The van der Waals surface area contributed by atoms with Crippen molar-refractivity contribution in [1.29, 1.82) is 0 Å². The van der Waals surface area contributed by atoms with Crippen molar-refractivity contribution in [2.75, 3.05) is 6.54 Å². The normalized spacial score (nSPS) is 14.9. The molecule has 0 N–H and O–H groups in total. The molecule has 1 aliphatic heterocycles. The molecule has 0 bridgehead atoms. The van der Waals surface area contributed by atoms with Gasteiger partial charge in [-0.15, -0.1) is 0 Å². The van der Waals surface area contributed by atoms with Gasteiger partial charge in [-0.3, -0.25) is 9.48 Å². The maximum absolute atomic E-state index is 12.1. The van der Waals surface area contributed by atoms with Crippen LogP contribution in [0.15, 0.2) is 0 Å². The van der Waals surface area contributed by atoms with Crippen LogP contribution in [-0.2, 0) is 24.8 Å². The predicted octanol–water partition coefficient (Wildman–Crippen LogP) is 1.92. The molecule has 6 nitrogen and oxygen atoms in total. The second-order valence-corrected chi connectivity index (χ2v) is 6.11. The van der Waals surface area contributed by atoms with E-state index in [1.165, 1.54) is 6.92 Å².